The minimum absolute atomic E-state index is 0. The number of carboxylic acids is 1. The van der Waals surface area contributed by atoms with Gasteiger partial charge in [0.05, 0.1) is 12.6 Å². The van der Waals surface area contributed by atoms with Crippen molar-refractivity contribution in [1.29, 1.82) is 0 Å². The van der Waals surface area contributed by atoms with E-state index < -0.39 is 85.5 Å². The molecule has 0 amide bonds. The minimum atomic E-state index is -8.06. The summed E-state index contributed by atoms with van der Waals surface area (Å²) in [5, 5.41) is 38.6. The molecule has 0 aromatic rings. The smallest absolute Gasteiger partial charge is 0.547 e. The molecule has 1 aliphatic heterocycles. The van der Waals surface area contributed by atoms with Crippen molar-refractivity contribution in [2.45, 2.75) is 72.9 Å². The quantitative estimate of drug-likeness (QED) is 0.197. The number of hydrogen-bond donors (Lipinski definition) is 3. The molecule has 0 unspecified atom stereocenters. The molecule has 3 N–H and O–H groups in total. The van der Waals surface area contributed by atoms with Gasteiger partial charge < -0.3 is 34.7 Å². The standard InChI is InChI=1S/C14H13F13O7.K/c15-9(16,1-2-33-8-4(29)3(28)6(34-8)5(30)7(31)32)10(17,18)11(19,20)12(21,22)13(23,24)14(25,26)27;/h3-6,8,28-30H,1-2H2,(H,31,32);/q;+1/p-1/t3-,4-,5+,6+,8-;/m1./s1. The average molecular weight is 578 g/mol. The molecule has 0 saturated carbocycles. The number of carbonyl (C=O) groups is 1. The van der Waals surface area contributed by atoms with Gasteiger partial charge in [-0.05, 0) is 0 Å². The number of rotatable bonds is 10. The van der Waals surface area contributed by atoms with E-state index in [0.717, 1.165) is 0 Å². The largest absolute Gasteiger partial charge is 1.00 e. The predicted octanol–water partition coefficient (Wildman–Crippen LogP) is -2.31. The van der Waals surface area contributed by atoms with Crippen LogP contribution in [-0.2, 0) is 14.3 Å². The molecule has 1 saturated heterocycles. The van der Waals surface area contributed by atoms with Crippen molar-refractivity contribution in [3.05, 3.63) is 0 Å². The SMILES string of the molecule is O=C([O-])[C@@H](O)[C@H]1O[C@@H](OCCC(F)(F)C(F)(F)C(F)(F)C(F)(F)C(F)(F)C(F)(F)F)[C@H](O)[C@H]1O.[K+]. The van der Waals surface area contributed by atoms with Crippen LogP contribution in [0, 0.1) is 0 Å². The fraction of sp³-hybridized carbons (Fsp3) is 0.929. The predicted molar refractivity (Wildman–Crippen MR) is 73.0 cm³/mol. The van der Waals surface area contributed by atoms with E-state index in [1.165, 1.54) is 0 Å². The van der Waals surface area contributed by atoms with Crippen molar-refractivity contribution in [3.63, 3.8) is 0 Å². The van der Waals surface area contributed by atoms with E-state index in [2.05, 4.69) is 9.47 Å². The molecule has 0 aromatic carbocycles. The molecule has 1 fully saturated rings. The number of carboxylic acid groups (broad SMARTS) is 1. The zero-order valence-corrected chi connectivity index (χ0v) is 19.8. The number of ether oxygens (including phenoxy) is 2. The monoisotopic (exact) mass is 578 g/mol. The topological polar surface area (TPSA) is 119 Å². The first-order valence-corrected chi connectivity index (χ1v) is 8.36. The maximum Gasteiger partial charge on any atom is 1.00 e. The van der Waals surface area contributed by atoms with Crippen molar-refractivity contribution in [2.75, 3.05) is 6.61 Å². The number of aliphatic hydroxyl groups excluding tert-OH is 3. The first-order valence-electron chi connectivity index (χ1n) is 8.36. The van der Waals surface area contributed by atoms with Crippen molar-refractivity contribution in [3.8, 4) is 0 Å². The molecule has 0 aromatic heterocycles. The number of halogens is 13. The molecule has 7 nitrogen and oxygen atoms in total. The van der Waals surface area contributed by atoms with Crippen LogP contribution in [0.4, 0.5) is 57.1 Å². The van der Waals surface area contributed by atoms with Gasteiger partial charge in [-0.2, -0.15) is 57.1 Å². The molecule has 1 aliphatic rings. The molecular weight excluding hydrogens is 566 g/mol. The summed E-state index contributed by atoms with van der Waals surface area (Å²) in [6, 6.07) is 0. The second-order valence-electron chi connectivity index (χ2n) is 6.83. The van der Waals surface area contributed by atoms with Gasteiger partial charge in [0.15, 0.2) is 6.29 Å². The molecular formula is C14H12F13KO7. The third kappa shape index (κ3) is 6.03. The Kier molecular flexibility index (Phi) is 11.0. The fourth-order valence-electron chi connectivity index (χ4n) is 2.47. The second kappa shape index (κ2) is 11.0. The van der Waals surface area contributed by atoms with E-state index in [9.17, 15) is 77.2 Å². The summed E-state index contributed by atoms with van der Waals surface area (Å²) in [5.74, 6) is -40.2. The molecule has 1 heterocycles. The summed E-state index contributed by atoms with van der Waals surface area (Å²) in [6.45, 7) is -1.98. The van der Waals surface area contributed by atoms with E-state index >= 15 is 0 Å². The summed E-state index contributed by atoms with van der Waals surface area (Å²) in [6.07, 6.45) is -22.4. The van der Waals surface area contributed by atoms with Crippen molar-refractivity contribution < 1.29 is 143 Å². The number of aliphatic carboxylic acids is 1. The summed E-state index contributed by atoms with van der Waals surface area (Å²) < 4.78 is 177. The summed E-state index contributed by atoms with van der Waals surface area (Å²) in [5.41, 5.74) is 0. The van der Waals surface area contributed by atoms with Crippen LogP contribution in [0.25, 0.3) is 0 Å². The first-order chi connectivity index (χ1) is 14.9. The normalized spacial score (nSPS) is 25.8. The van der Waals surface area contributed by atoms with Crippen LogP contribution in [0.5, 0.6) is 0 Å². The van der Waals surface area contributed by atoms with Crippen molar-refractivity contribution in [1.82, 2.24) is 0 Å². The third-order valence-corrected chi connectivity index (χ3v) is 4.51. The van der Waals surface area contributed by atoms with E-state index in [1.54, 1.807) is 0 Å². The third-order valence-electron chi connectivity index (χ3n) is 4.51. The molecule has 0 bridgehead atoms. The van der Waals surface area contributed by atoms with E-state index in [0.29, 0.717) is 0 Å². The van der Waals surface area contributed by atoms with Gasteiger partial charge in [-0.15, -0.1) is 0 Å². The van der Waals surface area contributed by atoms with Gasteiger partial charge >= 0.3 is 87.2 Å². The maximum absolute atomic E-state index is 13.6. The molecule has 0 aliphatic carbocycles. The molecule has 1 rings (SSSR count). The zero-order valence-electron chi connectivity index (χ0n) is 16.7. The number of aliphatic hydroxyl groups is 3. The number of hydrogen-bond acceptors (Lipinski definition) is 7. The summed E-state index contributed by atoms with van der Waals surface area (Å²) >= 11 is 0. The first kappa shape index (κ1) is 35.0. The van der Waals surface area contributed by atoms with Crippen LogP contribution < -0.4 is 56.5 Å². The Labute approximate surface area is 227 Å². The van der Waals surface area contributed by atoms with Crippen LogP contribution in [0.2, 0.25) is 0 Å². The Balaban J connectivity index is 0.0000116. The number of alkyl halides is 13. The minimum Gasteiger partial charge on any atom is -0.547 e. The summed E-state index contributed by atoms with van der Waals surface area (Å²) in [4.78, 5) is 10.5. The van der Waals surface area contributed by atoms with E-state index in [-0.39, 0.29) is 51.4 Å². The average Bonchev–Trinajstić information content (AvgIpc) is 2.94. The van der Waals surface area contributed by atoms with Gasteiger partial charge in [0, 0.05) is 6.42 Å². The van der Waals surface area contributed by atoms with Crippen molar-refractivity contribution in [2.24, 2.45) is 0 Å². The maximum atomic E-state index is 13.6. The molecule has 0 spiro atoms. The van der Waals surface area contributed by atoms with Crippen LogP contribution in [0.15, 0.2) is 0 Å². The van der Waals surface area contributed by atoms with Gasteiger partial charge in [0.25, 0.3) is 0 Å². The van der Waals surface area contributed by atoms with Crippen LogP contribution in [0.1, 0.15) is 6.42 Å². The van der Waals surface area contributed by atoms with E-state index in [1.807, 2.05) is 0 Å². The van der Waals surface area contributed by atoms with Gasteiger partial charge in [0.1, 0.15) is 24.4 Å². The molecule has 21 heteroatoms. The number of carbonyl (C=O) groups excluding carboxylic acids is 1. The Bertz CT molecular complexity index is 749. The van der Waals surface area contributed by atoms with Crippen LogP contribution in [-0.4, -0.2) is 94.4 Å². The summed E-state index contributed by atoms with van der Waals surface area (Å²) in [7, 11) is 0. The van der Waals surface area contributed by atoms with Crippen LogP contribution in [0.3, 0.4) is 0 Å². The van der Waals surface area contributed by atoms with Crippen molar-refractivity contribution >= 4 is 5.97 Å². The van der Waals surface area contributed by atoms with Gasteiger partial charge in [-0.25, -0.2) is 0 Å². The Morgan fingerprint density at radius 3 is 1.66 bits per heavy atom. The molecule has 35 heavy (non-hydrogen) atoms. The molecule has 0 radical (unpaired) electrons. The molecule has 202 valence electrons. The van der Waals surface area contributed by atoms with E-state index in [4.69, 9.17) is 5.11 Å². The Morgan fingerprint density at radius 1 is 0.829 bits per heavy atom. The fourth-order valence-corrected chi connectivity index (χ4v) is 2.47. The Morgan fingerprint density at radius 2 is 1.26 bits per heavy atom. The molecule has 5 atom stereocenters. The Hall–Kier alpha value is -0.00364. The van der Waals surface area contributed by atoms with Gasteiger partial charge in [-0.3, -0.25) is 0 Å². The van der Waals surface area contributed by atoms with Crippen LogP contribution >= 0.6 is 0 Å². The second-order valence-corrected chi connectivity index (χ2v) is 6.83. The van der Waals surface area contributed by atoms with Gasteiger partial charge in [0.2, 0.25) is 0 Å². The van der Waals surface area contributed by atoms with Gasteiger partial charge in [-0.1, -0.05) is 0 Å². The zero-order chi connectivity index (χ0) is 27.3.